The molecule has 1 aromatic rings. The first-order valence-electron chi connectivity index (χ1n) is 7.18. The lowest BCUT2D eigenvalue weighted by atomic mass is 10.2. The molecule has 0 radical (unpaired) electrons. The summed E-state index contributed by atoms with van der Waals surface area (Å²) in [6.45, 7) is 1.72. The van der Waals surface area contributed by atoms with Crippen molar-refractivity contribution in [2.24, 2.45) is 0 Å². The second kappa shape index (κ2) is 7.45. The number of imide groups is 1. The Hall–Kier alpha value is -1.56. The maximum atomic E-state index is 12.0. The minimum Gasteiger partial charge on any atom is -0.374 e. The molecule has 0 heterocycles. The van der Waals surface area contributed by atoms with Gasteiger partial charge in [-0.25, -0.2) is 4.79 Å². The number of hydrogen-bond acceptors (Lipinski definition) is 3. The Morgan fingerprint density at radius 2 is 1.81 bits per heavy atom. The number of benzene rings is 1. The summed E-state index contributed by atoms with van der Waals surface area (Å²) in [7, 11) is 0. The Kier molecular flexibility index (Phi) is 5.61. The standard InChI is InChI=1S/C15H20BrN3O2/c1-10(17-13-8-6-11(16)7-9-13)14(20)19-15(21)18-12-4-2-3-5-12/h6-10,12,17H,2-5H2,1H3,(H2,18,19,20,21)/t10-/m1/s1. The number of rotatable bonds is 4. The van der Waals surface area contributed by atoms with Crippen LogP contribution in [0.1, 0.15) is 32.6 Å². The first-order valence-corrected chi connectivity index (χ1v) is 7.97. The zero-order chi connectivity index (χ0) is 15.2. The van der Waals surface area contributed by atoms with Crippen LogP contribution in [-0.2, 0) is 4.79 Å². The third-order valence-corrected chi connectivity index (χ3v) is 4.08. The highest BCUT2D eigenvalue weighted by molar-refractivity contribution is 9.10. The van der Waals surface area contributed by atoms with Gasteiger partial charge in [0.15, 0.2) is 0 Å². The molecule has 21 heavy (non-hydrogen) atoms. The number of carbonyl (C=O) groups is 2. The van der Waals surface area contributed by atoms with Crippen LogP contribution in [0, 0.1) is 0 Å². The Morgan fingerprint density at radius 1 is 1.19 bits per heavy atom. The van der Waals surface area contributed by atoms with E-state index >= 15 is 0 Å². The molecule has 0 aromatic heterocycles. The van der Waals surface area contributed by atoms with E-state index in [-0.39, 0.29) is 11.9 Å². The third-order valence-electron chi connectivity index (χ3n) is 3.55. The van der Waals surface area contributed by atoms with E-state index in [0.717, 1.165) is 35.8 Å². The molecule has 1 aromatic carbocycles. The van der Waals surface area contributed by atoms with E-state index in [0.29, 0.717) is 0 Å². The smallest absolute Gasteiger partial charge is 0.321 e. The van der Waals surface area contributed by atoms with Crippen molar-refractivity contribution in [2.75, 3.05) is 5.32 Å². The van der Waals surface area contributed by atoms with Crippen molar-refractivity contribution in [3.63, 3.8) is 0 Å². The predicted octanol–water partition coefficient (Wildman–Crippen LogP) is 3.02. The predicted molar refractivity (Wildman–Crippen MR) is 86.2 cm³/mol. The Morgan fingerprint density at radius 3 is 2.43 bits per heavy atom. The number of urea groups is 1. The molecule has 0 spiro atoms. The molecule has 1 fully saturated rings. The summed E-state index contributed by atoms with van der Waals surface area (Å²) in [5, 5.41) is 8.26. The zero-order valence-corrected chi connectivity index (χ0v) is 13.6. The van der Waals surface area contributed by atoms with Crippen molar-refractivity contribution in [3.8, 4) is 0 Å². The molecule has 1 atom stereocenters. The lowest BCUT2D eigenvalue weighted by Crippen LogP contribution is -2.48. The number of anilines is 1. The van der Waals surface area contributed by atoms with Crippen LogP contribution >= 0.6 is 15.9 Å². The molecule has 0 bridgehead atoms. The molecule has 3 N–H and O–H groups in total. The molecule has 114 valence electrons. The minimum atomic E-state index is -0.486. The van der Waals surface area contributed by atoms with Crippen molar-refractivity contribution in [3.05, 3.63) is 28.7 Å². The zero-order valence-electron chi connectivity index (χ0n) is 12.0. The molecule has 2 rings (SSSR count). The van der Waals surface area contributed by atoms with Crippen LogP contribution in [0.2, 0.25) is 0 Å². The highest BCUT2D eigenvalue weighted by Crippen LogP contribution is 2.17. The molecule has 1 saturated carbocycles. The monoisotopic (exact) mass is 353 g/mol. The van der Waals surface area contributed by atoms with Gasteiger partial charge in [-0.1, -0.05) is 28.8 Å². The van der Waals surface area contributed by atoms with E-state index in [4.69, 9.17) is 0 Å². The Labute approximate surface area is 133 Å². The van der Waals surface area contributed by atoms with Crippen LogP contribution in [-0.4, -0.2) is 24.0 Å². The summed E-state index contributed by atoms with van der Waals surface area (Å²) in [6, 6.07) is 6.82. The van der Waals surface area contributed by atoms with E-state index < -0.39 is 12.1 Å². The van der Waals surface area contributed by atoms with E-state index in [1.807, 2.05) is 24.3 Å². The van der Waals surface area contributed by atoms with E-state index in [1.165, 1.54) is 0 Å². The summed E-state index contributed by atoms with van der Waals surface area (Å²) in [4.78, 5) is 23.7. The van der Waals surface area contributed by atoms with Crippen LogP contribution in [0.25, 0.3) is 0 Å². The minimum absolute atomic E-state index is 0.201. The molecule has 0 aliphatic heterocycles. The molecule has 1 aliphatic rings. The van der Waals surface area contributed by atoms with Gasteiger partial charge < -0.3 is 10.6 Å². The summed E-state index contributed by atoms with van der Waals surface area (Å²) in [5.41, 5.74) is 0.831. The second-order valence-electron chi connectivity index (χ2n) is 5.32. The molecule has 0 saturated heterocycles. The number of amides is 3. The molecular formula is C15H20BrN3O2. The molecule has 5 nitrogen and oxygen atoms in total. The highest BCUT2D eigenvalue weighted by atomic mass is 79.9. The molecule has 6 heteroatoms. The Balaban J connectivity index is 1.78. The number of hydrogen-bond donors (Lipinski definition) is 3. The summed E-state index contributed by atoms with van der Waals surface area (Å²) in [6.07, 6.45) is 4.27. The van der Waals surface area contributed by atoms with Crippen molar-refractivity contribution in [2.45, 2.75) is 44.7 Å². The third kappa shape index (κ3) is 5.04. The maximum Gasteiger partial charge on any atom is 0.321 e. The number of nitrogens with one attached hydrogen (secondary N) is 3. The van der Waals surface area contributed by atoms with Gasteiger partial charge in [-0.15, -0.1) is 0 Å². The lowest BCUT2D eigenvalue weighted by molar-refractivity contribution is -0.120. The summed E-state index contributed by atoms with van der Waals surface area (Å²) < 4.78 is 0.973. The molecular weight excluding hydrogens is 334 g/mol. The van der Waals surface area contributed by atoms with Gasteiger partial charge in [0, 0.05) is 16.2 Å². The Bertz CT molecular complexity index is 498. The summed E-state index contributed by atoms with van der Waals surface area (Å²) in [5.74, 6) is -0.339. The van der Waals surface area contributed by atoms with Crippen LogP contribution < -0.4 is 16.0 Å². The van der Waals surface area contributed by atoms with E-state index in [1.54, 1.807) is 6.92 Å². The quantitative estimate of drug-likeness (QED) is 0.779. The van der Waals surface area contributed by atoms with Crippen molar-refractivity contribution >= 4 is 33.6 Å². The largest absolute Gasteiger partial charge is 0.374 e. The second-order valence-corrected chi connectivity index (χ2v) is 6.23. The van der Waals surface area contributed by atoms with E-state index in [9.17, 15) is 9.59 Å². The number of carbonyl (C=O) groups excluding carboxylic acids is 2. The maximum absolute atomic E-state index is 12.0. The fourth-order valence-corrected chi connectivity index (χ4v) is 2.64. The van der Waals surface area contributed by atoms with Crippen LogP contribution in [0.15, 0.2) is 28.7 Å². The molecule has 0 unspecified atom stereocenters. The van der Waals surface area contributed by atoms with Crippen LogP contribution in [0.3, 0.4) is 0 Å². The van der Waals surface area contributed by atoms with Gasteiger partial charge in [0.05, 0.1) is 0 Å². The van der Waals surface area contributed by atoms with Gasteiger partial charge in [-0.2, -0.15) is 0 Å². The SMILES string of the molecule is C[C@@H](Nc1ccc(Br)cc1)C(=O)NC(=O)NC1CCCC1. The van der Waals surface area contributed by atoms with Gasteiger partial charge in [-0.3, -0.25) is 10.1 Å². The first kappa shape index (κ1) is 15.8. The summed E-state index contributed by atoms with van der Waals surface area (Å²) >= 11 is 3.35. The lowest BCUT2D eigenvalue weighted by Gasteiger charge is -2.16. The van der Waals surface area contributed by atoms with Crippen molar-refractivity contribution in [1.82, 2.24) is 10.6 Å². The average molecular weight is 354 g/mol. The van der Waals surface area contributed by atoms with Gasteiger partial charge in [0.1, 0.15) is 6.04 Å². The van der Waals surface area contributed by atoms with Crippen molar-refractivity contribution < 1.29 is 9.59 Å². The fraction of sp³-hybridized carbons (Fsp3) is 0.467. The molecule has 1 aliphatic carbocycles. The van der Waals surface area contributed by atoms with Gasteiger partial charge in [0.2, 0.25) is 5.91 Å². The topological polar surface area (TPSA) is 70.2 Å². The number of halogens is 1. The van der Waals surface area contributed by atoms with Gasteiger partial charge >= 0.3 is 6.03 Å². The van der Waals surface area contributed by atoms with Gasteiger partial charge in [0.25, 0.3) is 0 Å². The highest BCUT2D eigenvalue weighted by Gasteiger charge is 2.20. The first-order chi connectivity index (χ1) is 10.0. The van der Waals surface area contributed by atoms with Crippen molar-refractivity contribution in [1.29, 1.82) is 0 Å². The van der Waals surface area contributed by atoms with Gasteiger partial charge in [-0.05, 0) is 44.0 Å². The van der Waals surface area contributed by atoms with Crippen LogP contribution in [0.5, 0.6) is 0 Å². The van der Waals surface area contributed by atoms with Crippen LogP contribution in [0.4, 0.5) is 10.5 Å². The normalized spacial score (nSPS) is 16.3. The fourth-order valence-electron chi connectivity index (χ4n) is 2.37. The molecule has 3 amide bonds. The average Bonchev–Trinajstić information content (AvgIpc) is 2.94. The van der Waals surface area contributed by atoms with E-state index in [2.05, 4.69) is 31.9 Å².